The number of amides is 1. The second-order valence-electron chi connectivity index (χ2n) is 3.82. The molecular formula is C13H9BrClFN2O. The number of hydrogen-bond acceptors (Lipinski definition) is 2. The molecule has 0 aliphatic rings. The fraction of sp³-hybridized carbons (Fsp3) is 0. The molecule has 2 rings (SSSR count). The van der Waals surface area contributed by atoms with Gasteiger partial charge in [0.15, 0.2) is 0 Å². The quantitative estimate of drug-likeness (QED) is 0.807. The minimum Gasteiger partial charge on any atom is -0.398 e. The largest absolute Gasteiger partial charge is 0.398 e. The van der Waals surface area contributed by atoms with E-state index in [1.807, 2.05) is 0 Å². The average Bonchev–Trinajstić information content (AvgIpc) is 2.37. The Morgan fingerprint density at radius 1 is 1.26 bits per heavy atom. The summed E-state index contributed by atoms with van der Waals surface area (Å²) in [5.74, 6) is -0.949. The summed E-state index contributed by atoms with van der Waals surface area (Å²) in [6.45, 7) is 0. The highest BCUT2D eigenvalue weighted by atomic mass is 79.9. The van der Waals surface area contributed by atoms with Crippen LogP contribution in [0.5, 0.6) is 0 Å². The zero-order valence-corrected chi connectivity index (χ0v) is 11.9. The van der Waals surface area contributed by atoms with Crippen LogP contribution in [0.3, 0.4) is 0 Å². The summed E-state index contributed by atoms with van der Waals surface area (Å²) in [7, 11) is 0. The summed E-state index contributed by atoms with van der Waals surface area (Å²) in [4.78, 5) is 11.9. The highest BCUT2D eigenvalue weighted by Crippen LogP contribution is 2.23. The molecule has 0 atom stereocenters. The normalized spacial score (nSPS) is 10.3. The Morgan fingerprint density at radius 2 is 2.00 bits per heavy atom. The maximum absolute atomic E-state index is 13.0. The topological polar surface area (TPSA) is 55.1 Å². The molecule has 3 nitrogen and oxygen atoms in total. The van der Waals surface area contributed by atoms with E-state index in [0.717, 1.165) is 10.5 Å². The molecule has 0 bridgehead atoms. The van der Waals surface area contributed by atoms with Crippen molar-refractivity contribution in [3.8, 4) is 0 Å². The molecule has 2 aromatic carbocycles. The lowest BCUT2D eigenvalue weighted by Crippen LogP contribution is -2.12. The van der Waals surface area contributed by atoms with Crippen LogP contribution in [0.15, 0.2) is 40.9 Å². The third-order valence-corrected chi connectivity index (χ3v) is 3.45. The van der Waals surface area contributed by atoms with Crippen LogP contribution in [0.4, 0.5) is 15.8 Å². The number of nitrogens with one attached hydrogen (secondary N) is 1. The van der Waals surface area contributed by atoms with E-state index in [1.165, 1.54) is 12.1 Å². The van der Waals surface area contributed by atoms with Crippen molar-refractivity contribution in [3.63, 3.8) is 0 Å². The summed E-state index contributed by atoms with van der Waals surface area (Å²) >= 11 is 8.89. The molecule has 0 saturated heterocycles. The molecule has 1 amide bonds. The second kappa shape index (κ2) is 5.59. The van der Waals surface area contributed by atoms with Gasteiger partial charge in [0.1, 0.15) is 5.82 Å². The van der Waals surface area contributed by atoms with Gasteiger partial charge in [0, 0.05) is 21.4 Å². The third-order valence-electron chi connectivity index (χ3n) is 2.44. The fourth-order valence-corrected chi connectivity index (χ4v) is 1.89. The number of carbonyl (C=O) groups is 1. The predicted molar refractivity (Wildman–Crippen MR) is 77.9 cm³/mol. The van der Waals surface area contributed by atoms with E-state index >= 15 is 0 Å². The number of rotatable bonds is 2. The lowest BCUT2D eigenvalue weighted by molar-refractivity contribution is 0.102. The van der Waals surface area contributed by atoms with E-state index in [4.69, 9.17) is 17.3 Å². The van der Waals surface area contributed by atoms with E-state index in [-0.39, 0.29) is 16.5 Å². The third kappa shape index (κ3) is 3.24. The van der Waals surface area contributed by atoms with Crippen molar-refractivity contribution in [2.24, 2.45) is 0 Å². The SMILES string of the molecule is Nc1cc(NC(=O)c2ccc(F)c(Cl)c2)ccc1Br. The number of nitrogens with two attached hydrogens (primary N) is 1. The minimum atomic E-state index is -0.564. The first-order valence-corrected chi connectivity index (χ1v) is 6.46. The van der Waals surface area contributed by atoms with Gasteiger partial charge >= 0.3 is 0 Å². The van der Waals surface area contributed by atoms with Gasteiger partial charge in [-0.3, -0.25) is 4.79 Å². The maximum Gasteiger partial charge on any atom is 0.255 e. The monoisotopic (exact) mass is 342 g/mol. The van der Waals surface area contributed by atoms with E-state index in [1.54, 1.807) is 18.2 Å². The van der Waals surface area contributed by atoms with Crippen molar-refractivity contribution in [1.29, 1.82) is 0 Å². The first-order chi connectivity index (χ1) is 8.97. The van der Waals surface area contributed by atoms with E-state index in [0.29, 0.717) is 11.4 Å². The van der Waals surface area contributed by atoms with Gasteiger partial charge in [0.05, 0.1) is 5.02 Å². The molecule has 0 radical (unpaired) electrons. The molecule has 0 heterocycles. The Kier molecular flexibility index (Phi) is 4.07. The summed E-state index contributed by atoms with van der Waals surface area (Å²) in [5.41, 5.74) is 7.04. The van der Waals surface area contributed by atoms with E-state index in [9.17, 15) is 9.18 Å². The van der Waals surface area contributed by atoms with Crippen LogP contribution in [0.25, 0.3) is 0 Å². The first kappa shape index (κ1) is 13.8. The first-order valence-electron chi connectivity index (χ1n) is 5.29. The number of benzene rings is 2. The average molecular weight is 344 g/mol. The number of nitrogen functional groups attached to an aromatic ring is 1. The highest BCUT2D eigenvalue weighted by molar-refractivity contribution is 9.10. The molecule has 0 aromatic heterocycles. The lowest BCUT2D eigenvalue weighted by atomic mass is 10.2. The number of hydrogen-bond donors (Lipinski definition) is 2. The van der Waals surface area contributed by atoms with Crippen molar-refractivity contribution < 1.29 is 9.18 Å². The Bertz CT molecular complexity index is 649. The second-order valence-corrected chi connectivity index (χ2v) is 5.08. The molecule has 0 unspecified atom stereocenters. The van der Waals surface area contributed by atoms with Crippen LogP contribution in [-0.4, -0.2) is 5.91 Å². The molecule has 0 saturated carbocycles. The Balaban J connectivity index is 2.20. The summed E-state index contributed by atoms with van der Waals surface area (Å²) in [6, 6.07) is 8.82. The molecule has 98 valence electrons. The minimum absolute atomic E-state index is 0.0945. The van der Waals surface area contributed by atoms with Crippen LogP contribution in [-0.2, 0) is 0 Å². The Hall–Kier alpha value is -1.59. The molecule has 0 aliphatic heterocycles. The van der Waals surface area contributed by atoms with Crippen molar-refractivity contribution >= 4 is 44.8 Å². The lowest BCUT2D eigenvalue weighted by Gasteiger charge is -2.07. The fourth-order valence-electron chi connectivity index (χ4n) is 1.46. The molecule has 2 aromatic rings. The van der Waals surface area contributed by atoms with Gasteiger partial charge in [-0.15, -0.1) is 0 Å². The highest BCUT2D eigenvalue weighted by Gasteiger charge is 2.09. The summed E-state index contributed by atoms with van der Waals surface area (Å²) in [6.07, 6.45) is 0. The summed E-state index contributed by atoms with van der Waals surface area (Å²) in [5, 5.41) is 2.56. The van der Waals surface area contributed by atoms with Gasteiger partial charge in [-0.05, 0) is 52.3 Å². The van der Waals surface area contributed by atoms with Gasteiger partial charge in [-0.2, -0.15) is 0 Å². The summed E-state index contributed by atoms with van der Waals surface area (Å²) < 4.78 is 13.7. The maximum atomic E-state index is 13.0. The molecule has 3 N–H and O–H groups in total. The molecule has 0 fully saturated rings. The molecule has 0 aliphatic carbocycles. The van der Waals surface area contributed by atoms with Crippen molar-refractivity contribution in [3.05, 3.63) is 57.3 Å². The smallest absolute Gasteiger partial charge is 0.255 e. The van der Waals surface area contributed by atoms with Crippen LogP contribution in [0.1, 0.15) is 10.4 Å². The Labute approximate surface area is 122 Å². The number of carbonyl (C=O) groups excluding carboxylic acids is 1. The van der Waals surface area contributed by atoms with Gasteiger partial charge in [-0.1, -0.05) is 11.6 Å². The van der Waals surface area contributed by atoms with Crippen LogP contribution >= 0.6 is 27.5 Å². The van der Waals surface area contributed by atoms with Gasteiger partial charge in [0.25, 0.3) is 5.91 Å². The van der Waals surface area contributed by atoms with Gasteiger partial charge in [-0.25, -0.2) is 4.39 Å². The van der Waals surface area contributed by atoms with Gasteiger partial charge < -0.3 is 11.1 Å². The molecule has 19 heavy (non-hydrogen) atoms. The zero-order valence-electron chi connectivity index (χ0n) is 9.58. The molecular weight excluding hydrogens is 335 g/mol. The zero-order chi connectivity index (χ0) is 14.0. The number of anilines is 2. The van der Waals surface area contributed by atoms with Gasteiger partial charge in [0.2, 0.25) is 0 Å². The number of halogens is 3. The molecule has 6 heteroatoms. The van der Waals surface area contributed by atoms with Crippen molar-refractivity contribution in [2.45, 2.75) is 0 Å². The predicted octanol–water partition coefficient (Wildman–Crippen LogP) is 4.08. The van der Waals surface area contributed by atoms with Crippen molar-refractivity contribution in [2.75, 3.05) is 11.1 Å². The van der Waals surface area contributed by atoms with Crippen molar-refractivity contribution in [1.82, 2.24) is 0 Å². The Morgan fingerprint density at radius 3 is 2.63 bits per heavy atom. The van der Waals surface area contributed by atoms with Crippen LogP contribution in [0.2, 0.25) is 5.02 Å². The van der Waals surface area contributed by atoms with E-state index < -0.39 is 5.82 Å². The standard InChI is InChI=1S/C13H9BrClFN2O/c14-9-3-2-8(6-12(9)17)18-13(19)7-1-4-11(16)10(15)5-7/h1-6H,17H2,(H,18,19). The van der Waals surface area contributed by atoms with Crippen LogP contribution < -0.4 is 11.1 Å². The molecule has 0 spiro atoms. The van der Waals surface area contributed by atoms with Crippen LogP contribution in [0, 0.1) is 5.82 Å². The van der Waals surface area contributed by atoms with E-state index in [2.05, 4.69) is 21.2 Å².